The summed E-state index contributed by atoms with van der Waals surface area (Å²) in [5.74, 6) is -2.02. The predicted molar refractivity (Wildman–Crippen MR) is 51.4 cm³/mol. The number of carboxylic acids is 1. The van der Waals surface area contributed by atoms with Crippen LogP contribution in [0.3, 0.4) is 0 Å². The second kappa shape index (κ2) is 3.84. The van der Waals surface area contributed by atoms with Crippen molar-refractivity contribution in [1.29, 1.82) is 0 Å². The highest BCUT2D eigenvalue weighted by molar-refractivity contribution is 5.80. The fraction of sp³-hybridized carbons (Fsp3) is 0.400. The second-order valence-corrected chi connectivity index (χ2v) is 3.61. The normalized spacial score (nSPS) is 11.2. The van der Waals surface area contributed by atoms with Crippen LogP contribution in [0.2, 0.25) is 0 Å². The molecule has 0 radical (unpaired) electrons. The monoisotopic (exact) mass is 213 g/mol. The second-order valence-electron chi connectivity index (χ2n) is 3.61. The summed E-state index contributed by atoms with van der Waals surface area (Å²) in [5.41, 5.74) is -1.25. The summed E-state index contributed by atoms with van der Waals surface area (Å²) in [4.78, 5) is 14.6. The number of carbonyl (C=O) groups is 1. The molecule has 0 saturated carbocycles. The van der Waals surface area contributed by atoms with Crippen molar-refractivity contribution >= 4 is 5.97 Å². The van der Waals surface area contributed by atoms with E-state index in [1.54, 1.807) is 0 Å². The number of aliphatic carboxylic acids is 1. The lowest BCUT2D eigenvalue weighted by Crippen LogP contribution is -2.29. The average Bonchev–Trinajstić information content (AvgIpc) is 2.17. The predicted octanol–water partition coefficient (Wildman–Crippen LogP) is 1.59. The van der Waals surface area contributed by atoms with Crippen LogP contribution in [-0.2, 0) is 10.2 Å². The van der Waals surface area contributed by atoms with E-state index in [9.17, 15) is 9.18 Å². The number of aromatic nitrogens is 1. The Labute approximate surface area is 86.7 Å². The lowest BCUT2D eigenvalue weighted by atomic mass is 9.85. The number of hydrogen-bond acceptors (Lipinski definition) is 3. The van der Waals surface area contributed by atoms with E-state index in [4.69, 9.17) is 5.11 Å². The molecule has 0 spiro atoms. The number of nitrogens with zero attached hydrogens (tertiary/aromatic N) is 1. The van der Waals surface area contributed by atoms with Crippen molar-refractivity contribution < 1.29 is 19.0 Å². The first kappa shape index (κ1) is 11.4. The highest BCUT2D eigenvalue weighted by Gasteiger charge is 2.33. The lowest BCUT2D eigenvalue weighted by molar-refractivity contribution is -0.142. The van der Waals surface area contributed by atoms with E-state index < -0.39 is 17.2 Å². The minimum absolute atomic E-state index is 0.0573. The lowest BCUT2D eigenvalue weighted by Gasteiger charge is -2.20. The highest BCUT2D eigenvalue weighted by atomic mass is 19.1. The molecule has 0 atom stereocenters. The van der Waals surface area contributed by atoms with Crippen molar-refractivity contribution in [3.05, 3.63) is 23.6 Å². The van der Waals surface area contributed by atoms with Crippen LogP contribution in [0.25, 0.3) is 0 Å². The van der Waals surface area contributed by atoms with Crippen LogP contribution < -0.4 is 4.74 Å². The van der Waals surface area contributed by atoms with Gasteiger partial charge >= 0.3 is 5.97 Å². The minimum Gasteiger partial charge on any atom is -0.481 e. The van der Waals surface area contributed by atoms with Gasteiger partial charge in [-0.1, -0.05) is 0 Å². The van der Waals surface area contributed by atoms with E-state index in [-0.39, 0.29) is 11.4 Å². The van der Waals surface area contributed by atoms with E-state index in [1.165, 1.54) is 33.2 Å². The van der Waals surface area contributed by atoms with Crippen LogP contribution >= 0.6 is 0 Å². The number of pyridine rings is 1. The molecule has 0 aromatic carbocycles. The maximum Gasteiger partial charge on any atom is 0.313 e. The van der Waals surface area contributed by atoms with Gasteiger partial charge in [0.05, 0.1) is 12.5 Å². The summed E-state index contributed by atoms with van der Waals surface area (Å²) in [6, 6.07) is 1.34. The van der Waals surface area contributed by atoms with Gasteiger partial charge < -0.3 is 9.84 Å². The first-order valence-electron chi connectivity index (χ1n) is 4.33. The number of ether oxygens (including phenoxy) is 1. The van der Waals surface area contributed by atoms with E-state index in [1.807, 2.05) is 0 Å². The number of carboxylic acid groups (broad SMARTS) is 1. The number of rotatable bonds is 3. The molecular weight excluding hydrogens is 201 g/mol. The third-order valence-corrected chi connectivity index (χ3v) is 2.26. The molecule has 0 aliphatic carbocycles. The van der Waals surface area contributed by atoms with Crippen LogP contribution in [-0.4, -0.2) is 23.2 Å². The maximum atomic E-state index is 13.7. The molecule has 0 amide bonds. The van der Waals surface area contributed by atoms with Crippen molar-refractivity contribution in [3.8, 4) is 5.88 Å². The maximum absolute atomic E-state index is 13.7. The SMILES string of the molecule is COc1nccc(C(C)(C)C(=O)O)c1F. The molecule has 5 heteroatoms. The van der Waals surface area contributed by atoms with Crippen LogP contribution in [0.5, 0.6) is 5.88 Å². The molecule has 1 heterocycles. The van der Waals surface area contributed by atoms with E-state index in [2.05, 4.69) is 9.72 Å². The highest BCUT2D eigenvalue weighted by Crippen LogP contribution is 2.29. The molecule has 1 aromatic rings. The third kappa shape index (κ3) is 1.91. The Morgan fingerprint density at radius 2 is 2.20 bits per heavy atom. The molecular formula is C10H12FNO3. The van der Waals surface area contributed by atoms with Crippen LogP contribution in [0.1, 0.15) is 19.4 Å². The van der Waals surface area contributed by atoms with Gasteiger partial charge in [0.2, 0.25) is 5.88 Å². The van der Waals surface area contributed by atoms with Gasteiger partial charge in [-0.3, -0.25) is 4.79 Å². The molecule has 1 aromatic heterocycles. The summed E-state index contributed by atoms with van der Waals surface area (Å²) in [6.07, 6.45) is 1.32. The van der Waals surface area contributed by atoms with Gasteiger partial charge in [0.15, 0.2) is 5.82 Å². The summed E-state index contributed by atoms with van der Waals surface area (Å²) in [7, 11) is 1.28. The van der Waals surface area contributed by atoms with Gasteiger partial charge in [-0.05, 0) is 19.9 Å². The molecule has 0 aliphatic heterocycles. The van der Waals surface area contributed by atoms with Gasteiger partial charge in [0.1, 0.15) is 0 Å². The molecule has 15 heavy (non-hydrogen) atoms. The Kier molecular flexibility index (Phi) is 2.93. The first-order chi connectivity index (χ1) is 6.91. The van der Waals surface area contributed by atoms with Crippen LogP contribution in [0.4, 0.5) is 4.39 Å². The molecule has 0 bridgehead atoms. The van der Waals surface area contributed by atoms with E-state index in [0.29, 0.717) is 0 Å². The standard InChI is InChI=1S/C10H12FNO3/c1-10(2,9(13)14)6-4-5-12-8(15-3)7(6)11/h4-5H,1-3H3,(H,13,14). The Bertz CT molecular complexity index is 390. The Balaban J connectivity index is 3.32. The quantitative estimate of drug-likeness (QED) is 0.828. The summed E-state index contributed by atoms with van der Waals surface area (Å²) < 4.78 is 18.4. The topological polar surface area (TPSA) is 59.4 Å². The van der Waals surface area contributed by atoms with Crippen molar-refractivity contribution in [2.24, 2.45) is 0 Å². The van der Waals surface area contributed by atoms with Gasteiger partial charge in [0.25, 0.3) is 0 Å². The molecule has 1 N–H and O–H groups in total. The van der Waals surface area contributed by atoms with Crippen molar-refractivity contribution in [2.45, 2.75) is 19.3 Å². The molecule has 1 rings (SSSR count). The molecule has 82 valence electrons. The fourth-order valence-electron chi connectivity index (χ4n) is 1.16. The summed E-state index contributed by atoms with van der Waals surface area (Å²) in [5, 5.41) is 8.95. The Morgan fingerprint density at radius 3 is 2.67 bits per heavy atom. The smallest absolute Gasteiger partial charge is 0.313 e. The van der Waals surface area contributed by atoms with Gasteiger partial charge in [0, 0.05) is 11.8 Å². The number of methoxy groups -OCH3 is 1. The van der Waals surface area contributed by atoms with Crippen molar-refractivity contribution in [1.82, 2.24) is 4.98 Å². The zero-order valence-corrected chi connectivity index (χ0v) is 8.74. The molecule has 0 aliphatic rings. The van der Waals surface area contributed by atoms with E-state index >= 15 is 0 Å². The van der Waals surface area contributed by atoms with Crippen LogP contribution in [0, 0.1) is 5.82 Å². The van der Waals surface area contributed by atoms with Gasteiger partial charge in [-0.25, -0.2) is 9.37 Å². The zero-order chi connectivity index (χ0) is 11.6. The number of hydrogen-bond donors (Lipinski definition) is 1. The van der Waals surface area contributed by atoms with Gasteiger partial charge in [-0.15, -0.1) is 0 Å². The molecule has 0 saturated heterocycles. The van der Waals surface area contributed by atoms with Crippen LogP contribution in [0.15, 0.2) is 12.3 Å². The Morgan fingerprint density at radius 1 is 1.60 bits per heavy atom. The van der Waals surface area contributed by atoms with Crippen molar-refractivity contribution in [3.63, 3.8) is 0 Å². The average molecular weight is 213 g/mol. The minimum atomic E-state index is -1.31. The first-order valence-corrected chi connectivity index (χ1v) is 4.33. The summed E-state index contributed by atoms with van der Waals surface area (Å²) in [6.45, 7) is 2.85. The zero-order valence-electron chi connectivity index (χ0n) is 8.74. The number of halogens is 1. The molecule has 0 fully saturated rings. The third-order valence-electron chi connectivity index (χ3n) is 2.26. The summed E-state index contributed by atoms with van der Waals surface area (Å²) >= 11 is 0. The molecule has 4 nitrogen and oxygen atoms in total. The fourth-order valence-corrected chi connectivity index (χ4v) is 1.16. The Hall–Kier alpha value is -1.65. The van der Waals surface area contributed by atoms with Gasteiger partial charge in [-0.2, -0.15) is 0 Å². The largest absolute Gasteiger partial charge is 0.481 e. The van der Waals surface area contributed by atoms with Crippen molar-refractivity contribution in [2.75, 3.05) is 7.11 Å². The van der Waals surface area contributed by atoms with E-state index in [0.717, 1.165) is 0 Å². The molecule has 0 unspecified atom stereocenters.